The molecule has 0 saturated heterocycles. The maximum absolute atomic E-state index is 5.86. The number of ether oxygens (including phenoxy) is 1. The largest absolute Gasteiger partial charge is 0.382 e. The number of anilines is 1. The first kappa shape index (κ1) is 16.6. The van der Waals surface area contributed by atoms with Crippen molar-refractivity contribution in [2.24, 2.45) is 5.92 Å². The summed E-state index contributed by atoms with van der Waals surface area (Å²) in [7, 11) is 0. The van der Waals surface area contributed by atoms with E-state index in [0.29, 0.717) is 24.9 Å². The second-order valence-electron chi connectivity index (χ2n) is 6.99. The van der Waals surface area contributed by atoms with E-state index in [0.717, 1.165) is 6.54 Å². The van der Waals surface area contributed by atoms with E-state index in [1.165, 1.54) is 11.3 Å². The predicted octanol–water partition coefficient (Wildman–Crippen LogP) is 3.62. The number of aromatic nitrogens is 2. The van der Waals surface area contributed by atoms with Crippen LogP contribution in [-0.2, 0) is 23.3 Å². The van der Waals surface area contributed by atoms with Crippen molar-refractivity contribution in [1.29, 1.82) is 0 Å². The van der Waals surface area contributed by atoms with Crippen LogP contribution in [-0.4, -0.2) is 16.4 Å². The van der Waals surface area contributed by atoms with Crippen LogP contribution in [0.2, 0.25) is 0 Å². The molecule has 22 heavy (non-hydrogen) atoms. The van der Waals surface area contributed by atoms with Gasteiger partial charge in [0, 0.05) is 23.7 Å². The zero-order valence-electron chi connectivity index (χ0n) is 14.0. The van der Waals surface area contributed by atoms with Crippen molar-refractivity contribution in [3.05, 3.63) is 47.7 Å². The molecule has 120 valence electrons. The summed E-state index contributed by atoms with van der Waals surface area (Å²) in [5.41, 5.74) is 8.27. The monoisotopic (exact) mass is 301 g/mol. The summed E-state index contributed by atoms with van der Waals surface area (Å²) in [5.74, 6) is 0.964. The molecule has 0 fully saturated rings. The van der Waals surface area contributed by atoms with Gasteiger partial charge in [-0.2, -0.15) is 5.10 Å². The van der Waals surface area contributed by atoms with Gasteiger partial charge in [0.05, 0.1) is 13.2 Å². The molecule has 0 spiro atoms. The highest BCUT2D eigenvalue weighted by Crippen LogP contribution is 2.24. The smallest absolute Gasteiger partial charge is 0.145 e. The van der Waals surface area contributed by atoms with Crippen LogP contribution < -0.4 is 5.73 Å². The van der Waals surface area contributed by atoms with Gasteiger partial charge in [-0.1, -0.05) is 58.0 Å². The predicted molar refractivity (Wildman–Crippen MR) is 90.6 cm³/mol. The Morgan fingerprint density at radius 1 is 1.23 bits per heavy atom. The Hall–Kier alpha value is -1.81. The summed E-state index contributed by atoms with van der Waals surface area (Å²) in [4.78, 5) is 0. The van der Waals surface area contributed by atoms with Crippen LogP contribution in [0.4, 0.5) is 5.82 Å². The first-order chi connectivity index (χ1) is 10.4. The third kappa shape index (κ3) is 4.60. The van der Waals surface area contributed by atoms with Crippen molar-refractivity contribution >= 4 is 5.82 Å². The molecular formula is C18H27N3O. The highest BCUT2D eigenvalue weighted by Gasteiger charge is 2.21. The van der Waals surface area contributed by atoms with Crippen molar-refractivity contribution in [2.75, 3.05) is 12.3 Å². The van der Waals surface area contributed by atoms with Crippen LogP contribution in [0, 0.1) is 5.92 Å². The van der Waals surface area contributed by atoms with Crippen molar-refractivity contribution in [1.82, 2.24) is 9.78 Å². The van der Waals surface area contributed by atoms with Gasteiger partial charge in [-0.15, -0.1) is 0 Å². The molecule has 1 atom stereocenters. The third-order valence-corrected chi connectivity index (χ3v) is 3.57. The van der Waals surface area contributed by atoms with Crippen molar-refractivity contribution in [3.8, 4) is 0 Å². The normalized spacial score (nSPS) is 13.3. The molecule has 0 radical (unpaired) electrons. The lowest BCUT2D eigenvalue weighted by atomic mass is 9.92. The number of hydrogen-bond donors (Lipinski definition) is 1. The summed E-state index contributed by atoms with van der Waals surface area (Å²) in [5, 5.41) is 4.42. The Morgan fingerprint density at radius 3 is 2.55 bits per heavy atom. The minimum atomic E-state index is 0.0369. The van der Waals surface area contributed by atoms with Crippen LogP contribution in [0.15, 0.2) is 36.4 Å². The number of benzene rings is 1. The van der Waals surface area contributed by atoms with Crippen LogP contribution in [0.5, 0.6) is 0 Å². The van der Waals surface area contributed by atoms with Crippen molar-refractivity contribution < 1.29 is 4.74 Å². The molecule has 2 aromatic rings. The molecule has 0 saturated carbocycles. The summed E-state index contributed by atoms with van der Waals surface area (Å²) < 4.78 is 7.83. The van der Waals surface area contributed by atoms with Crippen LogP contribution >= 0.6 is 0 Å². The third-order valence-electron chi connectivity index (χ3n) is 3.57. The molecule has 0 bridgehead atoms. The van der Waals surface area contributed by atoms with E-state index in [4.69, 9.17) is 10.5 Å². The van der Waals surface area contributed by atoms with E-state index in [-0.39, 0.29) is 5.41 Å². The van der Waals surface area contributed by atoms with Gasteiger partial charge in [-0.25, -0.2) is 0 Å². The van der Waals surface area contributed by atoms with Gasteiger partial charge in [0.1, 0.15) is 5.82 Å². The SMILES string of the molecule is CC(COCc1ccccc1)Cn1nc(N)cc1C(C)(C)C. The highest BCUT2D eigenvalue weighted by atomic mass is 16.5. The Morgan fingerprint density at radius 2 is 1.91 bits per heavy atom. The topological polar surface area (TPSA) is 53.1 Å². The summed E-state index contributed by atoms with van der Waals surface area (Å²) in [6.45, 7) is 10.9. The molecule has 0 amide bonds. The summed E-state index contributed by atoms with van der Waals surface area (Å²) >= 11 is 0. The van der Waals surface area contributed by atoms with E-state index in [2.05, 4.69) is 44.9 Å². The molecule has 2 N–H and O–H groups in total. The lowest BCUT2D eigenvalue weighted by molar-refractivity contribution is 0.0851. The summed E-state index contributed by atoms with van der Waals surface area (Å²) in [6, 6.07) is 12.2. The first-order valence-corrected chi connectivity index (χ1v) is 7.81. The van der Waals surface area contributed by atoms with E-state index < -0.39 is 0 Å². The minimum absolute atomic E-state index is 0.0369. The number of nitrogens with zero attached hydrogens (tertiary/aromatic N) is 2. The van der Waals surface area contributed by atoms with Gasteiger partial charge in [0.2, 0.25) is 0 Å². The molecule has 1 unspecified atom stereocenters. The Kier molecular flexibility index (Phi) is 5.24. The van der Waals surface area contributed by atoms with Crippen molar-refractivity contribution in [2.45, 2.75) is 46.3 Å². The van der Waals surface area contributed by atoms with E-state index in [9.17, 15) is 0 Å². The summed E-state index contributed by atoms with van der Waals surface area (Å²) in [6.07, 6.45) is 0. The molecule has 1 aromatic heterocycles. The average Bonchev–Trinajstić information content (AvgIpc) is 2.81. The molecule has 4 nitrogen and oxygen atoms in total. The van der Waals surface area contributed by atoms with Crippen LogP contribution in [0.3, 0.4) is 0 Å². The molecule has 0 aliphatic rings. The maximum Gasteiger partial charge on any atom is 0.145 e. The second-order valence-corrected chi connectivity index (χ2v) is 6.99. The second kappa shape index (κ2) is 6.97. The van der Waals surface area contributed by atoms with Gasteiger partial charge in [-0.05, 0) is 11.5 Å². The Balaban J connectivity index is 1.88. The molecule has 2 rings (SSSR count). The number of rotatable bonds is 6. The molecular weight excluding hydrogens is 274 g/mol. The number of nitrogens with two attached hydrogens (primary N) is 1. The highest BCUT2D eigenvalue weighted by molar-refractivity contribution is 5.32. The first-order valence-electron chi connectivity index (χ1n) is 7.81. The minimum Gasteiger partial charge on any atom is -0.382 e. The maximum atomic E-state index is 5.86. The van der Waals surface area contributed by atoms with Gasteiger partial charge >= 0.3 is 0 Å². The lowest BCUT2D eigenvalue weighted by Gasteiger charge is -2.22. The van der Waals surface area contributed by atoms with Crippen LogP contribution in [0.25, 0.3) is 0 Å². The van der Waals surface area contributed by atoms with Gasteiger partial charge in [-0.3, -0.25) is 4.68 Å². The Bertz CT molecular complexity index is 584. The Labute approximate surface area is 133 Å². The molecule has 0 aliphatic carbocycles. The number of nitrogen functional groups attached to an aromatic ring is 1. The molecule has 1 heterocycles. The molecule has 4 heteroatoms. The quantitative estimate of drug-likeness (QED) is 0.886. The zero-order valence-corrected chi connectivity index (χ0v) is 14.0. The fourth-order valence-electron chi connectivity index (χ4n) is 2.48. The molecule has 0 aliphatic heterocycles. The van der Waals surface area contributed by atoms with E-state index in [1.54, 1.807) is 0 Å². The van der Waals surface area contributed by atoms with Crippen LogP contribution in [0.1, 0.15) is 39.0 Å². The number of hydrogen-bond acceptors (Lipinski definition) is 3. The average molecular weight is 301 g/mol. The fourth-order valence-corrected chi connectivity index (χ4v) is 2.48. The van der Waals surface area contributed by atoms with Gasteiger partial charge in [0.25, 0.3) is 0 Å². The van der Waals surface area contributed by atoms with Gasteiger partial charge < -0.3 is 10.5 Å². The lowest BCUT2D eigenvalue weighted by Crippen LogP contribution is -2.22. The standard InChI is InChI=1S/C18H27N3O/c1-14(12-22-13-15-8-6-5-7-9-15)11-21-16(18(2,3)4)10-17(19)20-21/h5-10,14H,11-13H2,1-4H3,(H2,19,20). The van der Waals surface area contributed by atoms with Gasteiger partial charge in [0.15, 0.2) is 0 Å². The van der Waals surface area contributed by atoms with Crippen molar-refractivity contribution in [3.63, 3.8) is 0 Å². The van der Waals surface area contributed by atoms with E-state index >= 15 is 0 Å². The zero-order chi connectivity index (χ0) is 16.2. The molecule has 1 aromatic carbocycles. The fraction of sp³-hybridized carbons (Fsp3) is 0.500. The van der Waals surface area contributed by atoms with E-state index in [1.807, 2.05) is 28.9 Å².